The zero-order chi connectivity index (χ0) is 35.4. The van der Waals surface area contributed by atoms with Crippen LogP contribution in [0.15, 0.2) is 150 Å². The van der Waals surface area contributed by atoms with Gasteiger partial charge in [-0.25, -0.2) is 4.98 Å². The summed E-state index contributed by atoms with van der Waals surface area (Å²) in [7, 11) is 1.78. The molecule has 0 aliphatic rings. The van der Waals surface area contributed by atoms with Gasteiger partial charge in [0.25, 0.3) is 0 Å². The van der Waals surface area contributed by atoms with Gasteiger partial charge in [-0.1, -0.05) is 109 Å². The number of hydrogen-bond donors (Lipinski definition) is 0. The molecule has 10 heteroatoms. The molecule has 9 rings (SSSR count). The fourth-order valence-electron chi connectivity index (χ4n) is 6.60. The van der Waals surface area contributed by atoms with Crippen LogP contribution in [0.3, 0.4) is 0 Å². The third kappa shape index (κ3) is 5.41. The summed E-state index contributed by atoms with van der Waals surface area (Å²) in [6, 6.07) is 45.4. The third-order valence-corrected chi connectivity index (χ3v) is 9.13. The molecular weight excluding hydrogens is 661 g/mol. The van der Waals surface area contributed by atoms with Gasteiger partial charge >= 0.3 is 12.2 Å². The van der Waals surface area contributed by atoms with Gasteiger partial charge in [-0.3, -0.25) is 9.47 Å². The van der Waals surface area contributed by atoms with Crippen LogP contribution in [0.1, 0.15) is 5.56 Å². The van der Waals surface area contributed by atoms with Crippen LogP contribution in [-0.4, -0.2) is 31.6 Å². The second-order valence-electron chi connectivity index (χ2n) is 12.4. The average molecular weight is 689 g/mol. The third-order valence-electron chi connectivity index (χ3n) is 9.13. The monoisotopic (exact) mass is 688 g/mol. The van der Waals surface area contributed by atoms with Gasteiger partial charge in [0, 0.05) is 34.5 Å². The van der Waals surface area contributed by atoms with Crippen molar-refractivity contribution in [2.45, 2.75) is 6.18 Å². The van der Waals surface area contributed by atoms with Crippen molar-refractivity contribution >= 4 is 44.6 Å². The number of halogens is 3. The average Bonchev–Trinajstić information content (AvgIpc) is 3.77. The van der Waals surface area contributed by atoms with Crippen molar-refractivity contribution < 1.29 is 17.6 Å². The summed E-state index contributed by atoms with van der Waals surface area (Å²) in [5, 5.41) is 2.06. The van der Waals surface area contributed by atoms with Crippen molar-refractivity contribution in [3.8, 4) is 39.9 Å². The molecule has 0 N–H and O–H groups in total. The van der Waals surface area contributed by atoms with Crippen LogP contribution in [0.5, 0.6) is 0 Å². The highest BCUT2D eigenvalue weighted by molar-refractivity contribution is 6.10. The van der Waals surface area contributed by atoms with E-state index in [9.17, 15) is 13.2 Å². The maximum absolute atomic E-state index is 13.4. The molecule has 0 unspecified atom stereocenters. The zero-order valence-electron chi connectivity index (χ0n) is 27.6. The highest BCUT2D eigenvalue weighted by Gasteiger charge is 2.31. The predicted molar refractivity (Wildman–Crippen MR) is 198 cm³/mol. The van der Waals surface area contributed by atoms with Crippen molar-refractivity contribution in [3.05, 3.63) is 151 Å². The van der Waals surface area contributed by atoms with E-state index in [0.717, 1.165) is 61.9 Å². The van der Waals surface area contributed by atoms with Gasteiger partial charge in [-0.15, -0.1) is 0 Å². The molecular formula is C42H27F3N6O. The number of anilines is 2. The van der Waals surface area contributed by atoms with Gasteiger partial charge in [0.05, 0.1) is 22.3 Å². The molecule has 52 heavy (non-hydrogen) atoms. The fraction of sp³-hybridized carbons (Fsp3) is 0.0476. The van der Waals surface area contributed by atoms with Gasteiger partial charge < -0.3 is 4.42 Å². The van der Waals surface area contributed by atoms with Crippen molar-refractivity contribution in [2.24, 2.45) is 0 Å². The number of benzene rings is 6. The van der Waals surface area contributed by atoms with E-state index >= 15 is 0 Å². The van der Waals surface area contributed by atoms with Gasteiger partial charge in [0.1, 0.15) is 5.52 Å². The first kappa shape index (κ1) is 31.2. The Hall–Kier alpha value is -6.81. The van der Waals surface area contributed by atoms with Crippen LogP contribution in [-0.2, 0) is 6.18 Å². The number of hydrogen-bond acceptors (Lipinski definition) is 6. The molecule has 0 amide bonds. The van der Waals surface area contributed by atoms with Crippen molar-refractivity contribution in [1.29, 1.82) is 0 Å². The molecule has 0 saturated carbocycles. The summed E-state index contributed by atoms with van der Waals surface area (Å²) in [5.41, 5.74) is 5.70. The molecule has 3 heterocycles. The molecule has 0 saturated heterocycles. The highest BCUT2D eigenvalue weighted by Crippen LogP contribution is 2.40. The first-order chi connectivity index (χ1) is 25.3. The van der Waals surface area contributed by atoms with E-state index in [1.54, 1.807) is 11.9 Å². The van der Waals surface area contributed by atoms with Crippen LogP contribution >= 0.6 is 0 Å². The normalized spacial score (nSPS) is 11.8. The number of alkyl halides is 3. The summed E-state index contributed by atoms with van der Waals surface area (Å²) < 4.78 is 48.3. The lowest BCUT2D eigenvalue weighted by Crippen LogP contribution is -2.11. The Kier molecular flexibility index (Phi) is 7.32. The van der Waals surface area contributed by atoms with Crippen LogP contribution in [0.25, 0.3) is 72.8 Å². The molecule has 0 fully saturated rings. The molecule has 7 nitrogen and oxygen atoms in total. The Bertz CT molecular complexity index is 2700. The predicted octanol–water partition coefficient (Wildman–Crippen LogP) is 10.9. The molecule has 0 atom stereocenters. The number of rotatable bonds is 6. The lowest BCUT2D eigenvalue weighted by molar-refractivity contribution is -0.137. The SMILES string of the molecule is CN(c1nc2cc(C(F)(F)F)ccc2o1)c1ccccc1-c1ccc2c3ccccc3n(-c3nc(-c4ccccc4)nc(-c4ccccc4)n3)c2c1. The van der Waals surface area contributed by atoms with E-state index in [1.165, 1.54) is 6.07 Å². The molecule has 0 aliphatic carbocycles. The zero-order valence-corrected chi connectivity index (χ0v) is 27.6. The molecule has 0 bridgehead atoms. The summed E-state index contributed by atoms with van der Waals surface area (Å²) in [6.07, 6.45) is -4.49. The summed E-state index contributed by atoms with van der Waals surface area (Å²) in [5.74, 6) is 1.59. The quantitative estimate of drug-likeness (QED) is 0.173. The molecule has 252 valence electrons. The highest BCUT2D eigenvalue weighted by atomic mass is 19.4. The Morgan fingerprint density at radius 2 is 1.21 bits per heavy atom. The van der Waals surface area contributed by atoms with Gasteiger partial charge in [-0.05, 0) is 42.0 Å². The van der Waals surface area contributed by atoms with E-state index in [4.69, 9.17) is 19.4 Å². The van der Waals surface area contributed by atoms with Gasteiger partial charge in [-0.2, -0.15) is 28.1 Å². The lowest BCUT2D eigenvalue weighted by atomic mass is 10.0. The van der Waals surface area contributed by atoms with Gasteiger partial charge in [0.15, 0.2) is 17.2 Å². The molecule has 9 aromatic rings. The minimum absolute atomic E-state index is 0.127. The van der Waals surface area contributed by atoms with Crippen LogP contribution in [0, 0.1) is 0 Å². The Labute approximate surface area is 295 Å². The topological polar surface area (TPSA) is 72.9 Å². The smallest absolute Gasteiger partial charge is 0.416 e. The summed E-state index contributed by atoms with van der Waals surface area (Å²) >= 11 is 0. The molecule has 0 radical (unpaired) electrons. The molecule has 6 aromatic carbocycles. The van der Waals surface area contributed by atoms with Crippen LogP contribution < -0.4 is 4.90 Å². The lowest BCUT2D eigenvalue weighted by Gasteiger charge is -2.19. The van der Waals surface area contributed by atoms with E-state index in [0.29, 0.717) is 17.6 Å². The summed E-state index contributed by atoms with van der Waals surface area (Å²) in [4.78, 5) is 21.1. The van der Waals surface area contributed by atoms with Crippen molar-refractivity contribution in [1.82, 2.24) is 24.5 Å². The number of aromatic nitrogens is 5. The minimum Gasteiger partial charge on any atom is -0.423 e. The fourth-order valence-corrected chi connectivity index (χ4v) is 6.60. The Morgan fingerprint density at radius 1 is 0.577 bits per heavy atom. The number of para-hydroxylation sites is 2. The molecule has 0 spiro atoms. The second kappa shape index (κ2) is 12.2. The van der Waals surface area contributed by atoms with Crippen molar-refractivity contribution in [2.75, 3.05) is 11.9 Å². The van der Waals surface area contributed by atoms with E-state index in [2.05, 4.69) is 39.9 Å². The van der Waals surface area contributed by atoms with Gasteiger partial charge in [0.2, 0.25) is 5.95 Å². The van der Waals surface area contributed by atoms with E-state index in [-0.39, 0.29) is 17.1 Å². The second-order valence-corrected chi connectivity index (χ2v) is 12.4. The minimum atomic E-state index is -4.49. The maximum atomic E-state index is 13.4. The Morgan fingerprint density at radius 3 is 1.92 bits per heavy atom. The summed E-state index contributed by atoms with van der Waals surface area (Å²) in [6.45, 7) is 0. The number of fused-ring (bicyclic) bond motifs is 4. The van der Waals surface area contributed by atoms with E-state index in [1.807, 2.05) is 97.1 Å². The number of oxazole rings is 1. The van der Waals surface area contributed by atoms with Crippen molar-refractivity contribution in [3.63, 3.8) is 0 Å². The molecule has 0 aliphatic heterocycles. The number of nitrogens with zero attached hydrogens (tertiary/aromatic N) is 6. The largest absolute Gasteiger partial charge is 0.423 e. The first-order valence-corrected chi connectivity index (χ1v) is 16.5. The standard InChI is InChI=1S/C42H27F3N6O/c1-50(41-46-33-25-29(42(43,44)45)21-23-37(33)52-41)34-18-10-8-16-30(34)28-20-22-32-31-17-9-11-19-35(31)51(36(32)24-28)40-48-38(26-12-4-2-5-13-26)47-39(49-40)27-14-6-3-7-15-27/h2-25H,1H3. The first-order valence-electron chi connectivity index (χ1n) is 16.5. The molecule has 3 aromatic heterocycles. The van der Waals surface area contributed by atoms with Crippen LogP contribution in [0.4, 0.5) is 24.9 Å². The Balaban J connectivity index is 1.21. The maximum Gasteiger partial charge on any atom is 0.416 e. The van der Waals surface area contributed by atoms with Crippen LogP contribution in [0.2, 0.25) is 0 Å². The van der Waals surface area contributed by atoms with E-state index < -0.39 is 11.7 Å².